The number of rotatable bonds is 5. The number of carbonyl (C=O) groups excluding carboxylic acids is 1. The molecule has 1 heterocycles. The lowest BCUT2D eigenvalue weighted by atomic mass is 10.1. The summed E-state index contributed by atoms with van der Waals surface area (Å²) in [7, 11) is 0. The minimum absolute atomic E-state index is 0.178. The molecule has 1 aromatic carbocycles. The lowest BCUT2D eigenvalue weighted by molar-refractivity contribution is 0.0928. The second-order valence-corrected chi connectivity index (χ2v) is 5.70. The molecule has 1 fully saturated rings. The summed E-state index contributed by atoms with van der Waals surface area (Å²) in [5.41, 5.74) is 0.0200. The zero-order chi connectivity index (χ0) is 14.8. The number of H-pyrrole nitrogens is 1. The number of carbonyl (C=O) groups is 1. The molecule has 1 aliphatic rings. The third-order valence-corrected chi connectivity index (χ3v) is 4.05. The molecule has 0 aliphatic heterocycles. The highest BCUT2D eigenvalue weighted by atomic mass is 16.2. The van der Waals surface area contributed by atoms with Gasteiger partial charge in [-0.25, -0.2) is 5.10 Å². The van der Waals surface area contributed by atoms with Crippen molar-refractivity contribution in [3.05, 3.63) is 40.3 Å². The monoisotopic (exact) mass is 285 g/mol. The van der Waals surface area contributed by atoms with E-state index in [0.29, 0.717) is 16.5 Å². The first-order chi connectivity index (χ1) is 10.2. The Morgan fingerprint density at radius 3 is 2.76 bits per heavy atom. The molecule has 0 saturated heterocycles. The second-order valence-electron chi connectivity index (χ2n) is 5.70. The van der Waals surface area contributed by atoms with Crippen molar-refractivity contribution in [3.8, 4) is 0 Å². The number of aromatic amines is 1. The summed E-state index contributed by atoms with van der Waals surface area (Å²) in [5, 5.41) is 10.5. The van der Waals surface area contributed by atoms with E-state index in [4.69, 9.17) is 0 Å². The van der Waals surface area contributed by atoms with Gasteiger partial charge in [0.15, 0.2) is 5.69 Å². The Bertz CT molecular complexity index is 719. The van der Waals surface area contributed by atoms with Crippen LogP contribution in [0.25, 0.3) is 10.8 Å². The van der Waals surface area contributed by atoms with Crippen LogP contribution in [0.15, 0.2) is 29.1 Å². The van der Waals surface area contributed by atoms with Gasteiger partial charge in [-0.2, -0.15) is 5.10 Å². The third kappa shape index (κ3) is 2.96. The summed E-state index contributed by atoms with van der Waals surface area (Å²) < 4.78 is 0. The molecule has 0 bridgehead atoms. The second kappa shape index (κ2) is 5.68. The fourth-order valence-corrected chi connectivity index (χ4v) is 2.63. The number of amides is 1. The summed E-state index contributed by atoms with van der Waals surface area (Å²) in [4.78, 5) is 24.2. The molecular weight excluding hydrogens is 266 g/mol. The highest BCUT2D eigenvalue weighted by Gasteiger charge is 2.26. The van der Waals surface area contributed by atoms with E-state index in [2.05, 4.69) is 22.4 Å². The van der Waals surface area contributed by atoms with Gasteiger partial charge in [0.1, 0.15) is 0 Å². The maximum Gasteiger partial charge on any atom is 0.272 e. The SMILES string of the molecule is CCC(CC1CC1)NC(=O)c1n[nH]c(=O)c2ccccc12. The predicted molar refractivity (Wildman–Crippen MR) is 81.2 cm³/mol. The third-order valence-electron chi connectivity index (χ3n) is 4.05. The molecule has 110 valence electrons. The van der Waals surface area contributed by atoms with E-state index in [-0.39, 0.29) is 17.5 Å². The molecule has 3 rings (SSSR count). The van der Waals surface area contributed by atoms with E-state index in [1.807, 2.05) is 6.07 Å². The zero-order valence-electron chi connectivity index (χ0n) is 12.1. The Morgan fingerprint density at radius 1 is 1.38 bits per heavy atom. The van der Waals surface area contributed by atoms with Crippen LogP contribution < -0.4 is 10.9 Å². The molecule has 21 heavy (non-hydrogen) atoms. The van der Waals surface area contributed by atoms with Gasteiger partial charge in [-0.15, -0.1) is 0 Å². The minimum Gasteiger partial charge on any atom is -0.348 e. The van der Waals surface area contributed by atoms with Crippen LogP contribution in [-0.2, 0) is 0 Å². The lowest BCUT2D eigenvalue weighted by Gasteiger charge is -2.16. The van der Waals surface area contributed by atoms with Crippen LogP contribution in [-0.4, -0.2) is 22.1 Å². The van der Waals surface area contributed by atoms with Crippen LogP contribution >= 0.6 is 0 Å². The number of benzene rings is 1. The van der Waals surface area contributed by atoms with Gasteiger partial charge in [-0.1, -0.05) is 38.0 Å². The number of nitrogens with zero attached hydrogens (tertiary/aromatic N) is 1. The number of hydrogen-bond acceptors (Lipinski definition) is 3. The van der Waals surface area contributed by atoms with Gasteiger partial charge in [0.2, 0.25) is 0 Å². The first kappa shape index (κ1) is 13.8. The average molecular weight is 285 g/mol. The molecule has 0 spiro atoms. The summed E-state index contributed by atoms with van der Waals surface area (Å²) in [6.45, 7) is 2.08. The van der Waals surface area contributed by atoms with Crippen LogP contribution in [0.1, 0.15) is 43.1 Å². The lowest BCUT2D eigenvalue weighted by Crippen LogP contribution is -2.36. The standard InChI is InChI=1S/C16H19N3O2/c1-2-11(9-10-7-8-10)17-16(21)14-12-5-3-4-6-13(12)15(20)19-18-14/h3-6,10-11H,2,7-9H2,1H3,(H,17,21)(H,19,20). The van der Waals surface area contributed by atoms with Gasteiger partial charge >= 0.3 is 0 Å². The Hall–Kier alpha value is -2.17. The molecule has 1 aliphatic carbocycles. The average Bonchev–Trinajstić information content (AvgIpc) is 3.31. The maximum absolute atomic E-state index is 12.4. The van der Waals surface area contributed by atoms with Gasteiger partial charge in [0.05, 0.1) is 5.39 Å². The first-order valence-corrected chi connectivity index (χ1v) is 7.47. The smallest absolute Gasteiger partial charge is 0.272 e. The van der Waals surface area contributed by atoms with Crippen molar-refractivity contribution in [2.24, 2.45) is 5.92 Å². The van der Waals surface area contributed by atoms with Gasteiger partial charge in [0, 0.05) is 11.4 Å². The van der Waals surface area contributed by atoms with E-state index in [0.717, 1.165) is 18.8 Å². The Kier molecular flexibility index (Phi) is 3.73. The van der Waals surface area contributed by atoms with E-state index < -0.39 is 0 Å². The molecule has 1 saturated carbocycles. The number of nitrogens with one attached hydrogen (secondary N) is 2. The molecule has 5 nitrogen and oxygen atoms in total. The van der Waals surface area contributed by atoms with E-state index in [1.54, 1.807) is 18.2 Å². The van der Waals surface area contributed by atoms with Crippen molar-refractivity contribution < 1.29 is 4.79 Å². The van der Waals surface area contributed by atoms with Crippen molar-refractivity contribution in [2.75, 3.05) is 0 Å². The van der Waals surface area contributed by atoms with E-state index in [1.165, 1.54) is 12.8 Å². The highest BCUT2D eigenvalue weighted by Crippen LogP contribution is 2.34. The summed E-state index contributed by atoms with van der Waals surface area (Å²) in [6.07, 6.45) is 4.48. The van der Waals surface area contributed by atoms with Crippen LogP contribution in [0, 0.1) is 5.92 Å². The van der Waals surface area contributed by atoms with Crippen molar-refractivity contribution in [3.63, 3.8) is 0 Å². The number of fused-ring (bicyclic) bond motifs is 1. The van der Waals surface area contributed by atoms with Gasteiger partial charge < -0.3 is 5.32 Å². The molecule has 1 amide bonds. The van der Waals surface area contributed by atoms with Crippen molar-refractivity contribution >= 4 is 16.7 Å². The van der Waals surface area contributed by atoms with Crippen molar-refractivity contribution in [2.45, 2.75) is 38.6 Å². The quantitative estimate of drug-likeness (QED) is 0.884. The van der Waals surface area contributed by atoms with Crippen LogP contribution in [0.3, 0.4) is 0 Å². The summed E-state index contributed by atoms with van der Waals surface area (Å²) in [5.74, 6) is 0.547. The molecule has 2 aromatic rings. The summed E-state index contributed by atoms with van der Waals surface area (Å²) >= 11 is 0. The van der Waals surface area contributed by atoms with Crippen LogP contribution in [0.5, 0.6) is 0 Å². The molecule has 2 N–H and O–H groups in total. The topological polar surface area (TPSA) is 74.8 Å². The fourth-order valence-electron chi connectivity index (χ4n) is 2.63. The fraction of sp³-hybridized carbons (Fsp3) is 0.438. The van der Waals surface area contributed by atoms with Crippen LogP contribution in [0.4, 0.5) is 0 Å². The van der Waals surface area contributed by atoms with E-state index in [9.17, 15) is 9.59 Å². The largest absolute Gasteiger partial charge is 0.348 e. The Labute approximate surface area is 122 Å². The van der Waals surface area contributed by atoms with Crippen molar-refractivity contribution in [1.82, 2.24) is 15.5 Å². The molecule has 1 atom stereocenters. The Balaban J connectivity index is 1.87. The van der Waals surface area contributed by atoms with Crippen molar-refractivity contribution in [1.29, 1.82) is 0 Å². The molecule has 0 radical (unpaired) electrons. The molecular formula is C16H19N3O2. The predicted octanol–water partition coefficient (Wildman–Crippen LogP) is 2.23. The highest BCUT2D eigenvalue weighted by molar-refractivity contribution is 6.04. The molecule has 1 unspecified atom stereocenters. The van der Waals surface area contributed by atoms with Gasteiger partial charge in [-0.05, 0) is 24.8 Å². The first-order valence-electron chi connectivity index (χ1n) is 7.47. The zero-order valence-corrected chi connectivity index (χ0v) is 12.1. The normalized spacial score (nSPS) is 15.9. The number of aromatic nitrogens is 2. The number of hydrogen-bond donors (Lipinski definition) is 2. The minimum atomic E-state index is -0.271. The van der Waals surface area contributed by atoms with Gasteiger partial charge in [0.25, 0.3) is 11.5 Å². The van der Waals surface area contributed by atoms with E-state index >= 15 is 0 Å². The Morgan fingerprint density at radius 2 is 2.10 bits per heavy atom. The molecule has 1 aromatic heterocycles. The summed E-state index contributed by atoms with van der Waals surface area (Å²) in [6, 6.07) is 7.23. The molecule has 5 heteroatoms. The van der Waals surface area contributed by atoms with Gasteiger partial charge in [-0.3, -0.25) is 9.59 Å². The van der Waals surface area contributed by atoms with Crippen LogP contribution in [0.2, 0.25) is 0 Å². The maximum atomic E-state index is 12.4.